The minimum absolute atomic E-state index is 0.0271. The number of aromatic nitrogens is 2. The van der Waals surface area contributed by atoms with Gasteiger partial charge in [0.1, 0.15) is 11.9 Å². The molecule has 0 aliphatic rings. The molecule has 1 aromatic heterocycles. The lowest BCUT2D eigenvalue weighted by molar-refractivity contribution is -0.139. The Labute approximate surface area is 119 Å². The molecule has 0 saturated carbocycles. The van der Waals surface area contributed by atoms with Gasteiger partial charge in [-0.1, -0.05) is 12.1 Å². The number of anilines is 1. The largest absolute Gasteiger partial charge is 0.480 e. The van der Waals surface area contributed by atoms with Crippen LogP contribution in [0.2, 0.25) is 0 Å². The number of aliphatic carboxylic acids is 1. The van der Waals surface area contributed by atoms with Crippen molar-refractivity contribution < 1.29 is 19.1 Å². The Bertz CT molecular complexity index is 630. The molecule has 2 rings (SSSR count). The summed E-state index contributed by atoms with van der Waals surface area (Å²) in [6.07, 6.45) is 2.92. The fraction of sp³-hybridized carbons (Fsp3) is 0.154. The molecule has 7 nitrogen and oxygen atoms in total. The molecule has 0 bridgehead atoms. The number of benzene rings is 1. The summed E-state index contributed by atoms with van der Waals surface area (Å²) in [5.74, 6) is -1.80. The topological polar surface area (TPSA) is 107 Å². The molecule has 110 valence electrons. The maximum Gasteiger partial charge on any atom is 0.326 e. The Kier molecular flexibility index (Phi) is 4.50. The highest BCUT2D eigenvalue weighted by atomic mass is 19.1. The molecule has 2 amide bonds. The quantitative estimate of drug-likeness (QED) is 0.667. The molecule has 21 heavy (non-hydrogen) atoms. The second-order valence-electron chi connectivity index (χ2n) is 4.25. The number of carbonyl (C=O) groups excluding carboxylic acids is 1. The fourth-order valence-corrected chi connectivity index (χ4v) is 1.70. The lowest BCUT2D eigenvalue weighted by atomic mass is 10.1. The number of para-hydroxylation sites is 1. The average Bonchev–Trinajstić information content (AvgIpc) is 2.93. The highest BCUT2D eigenvalue weighted by Crippen LogP contribution is 2.12. The highest BCUT2D eigenvalue weighted by molar-refractivity contribution is 5.92. The number of carbonyl (C=O) groups is 2. The number of imidazole rings is 1. The molecule has 0 saturated heterocycles. The molecule has 4 N–H and O–H groups in total. The lowest BCUT2D eigenvalue weighted by Gasteiger charge is -2.14. The number of hydrogen-bond donors (Lipinski definition) is 4. The highest BCUT2D eigenvalue weighted by Gasteiger charge is 2.21. The van der Waals surface area contributed by atoms with Gasteiger partial charge in [-0.15, -0.1) is 0 Å². The third-order valence-corrected chi connectivity index (χ3v) is 2.70. The van der Waals surface area contributed by atoms with E-state index in [1.165, 1.54) is 30.7 Å². The first-order valence-corrected chi connectivity index (χ1v) is 6.08. The Morgan fingerprint density at radius 3 is 2.76 bits per heavy atom. The Hall–Kier alpha value is -2.90. The van der Waals surface area contributed by atoms with Crippen molar-refractivity contribution in [3.05, 3.63) is 48.3 Å². The summed E-state index contributed by atoms with van der Waals surface area (Å²) in [7, 11) is 0. The summed E-state index contributed by atoms with van der Waals surface area (Å²) in [6, 6.07) is 3.65. The number of rotatable bonds is 5. The van der Waals surface area contributed by atoms with Crippen molar-refractivity contribution >= 4 is 17.7 Å². The molecule has 0 radical (unpaired) electrons. The average molecular weight is 292 g/mol. The molecule has 0 spiro atoms. The first kappa shape index (κ1) is 14.5. The number of halogens is 1. The molecule has 2 aromatic rings. The van der Waals surface area contributed by atoms with Crippen LogP contribution in [0.15, 0.2) is 36.8 Å². The van der Waals surface area contributed by atoms with Crippen molar-refractivity contribution in [2.45, 2.75) is 12.5 Å². The Balaban J connectivity index is 1.98. The Morgan fingerprint density at radius 2 is 2.14 bits per heavy atom. The van der Waals surface area contributed by atoms with Crippen molar-refractivity contribution in [2.24, 2.45) is 0 Å². The number of nitrogens with one attached hydrogen (secondary N) is 3. The van der Waals surface area contributed by atoms with E-state index < -0.39 is 23.9 Å². The standard InChI is InChI=1S/C13H13FN4O3/c14-9-3-1-2-4-10(9)17-13(21)18-11(12(19)20)5-8-6-15-7-16-8/h1-4,6-7,11H,5H2,(H,15,16)(H,19,20)(H2,17,18,21)/t11-/m0/s1. The van der Waals surface area contributed by atoms with Gasteiger partial charge in [-0.05, 0) is 12.1 Å². The number of H-pyrrole nitrogens is 1. The first-order valence-electron chi connectivity index (χ1n) is 6.08. The number of amides is 2. The number of nitrogens with zero attached hydrogens (tertiary/aromatic N) is 1. The van der Waals surface area contributed by atoms with Gasteiger partial charge >= 0.3 is 12.0 Å². The van der Waals surface area contributed by atoms with Gasteiger partial charge in [0, 0.05) is 18.3 Å². The SMILES string of the molecule is O=C(Nc1ccccc1F)N[C@@H](Cc1cnc[nH]1)C(=O)O. The van der Waals surface area contributed by atoms with Gasteiger partial charge in [0.25, 0.3) is 0 Å². The predicted molar refractivity (Wildman–Crippen MR) is 72.3 cm³/mol. The van der Waals surface area contributed by atoms with Crippen molar-refractivity contribution in [1.82, 2.24) is 15.3 Å². The van der Waals surface area contributed by atoms with E-state index >= 15 is 0 Å². The third-order valence-electron chi connectivity index (χ3n) is 2.70. The molecule has 0 fully saturated rings. The monoisotopic (exact) mass is 292 g/mol. The van der Waals surface area contributed by atoms with E-state index in [0.29, 0.717) is 5.69 Å². The number of urea groups is 1. The van der Waals surface area contributed by atoms with E-state index in [2.05, 4.69) is 20.6 Å². The van der Waals surface area contributed by atoms with E-state index in [0.717, 1.165) is 0 Å². The van der Waals surface area contributed by atoms with Crippen LogP contribution in [-0.2, 0) is 11.2 Å². The van der Waals surface area contributed by atoms with Crippen molar-refractivity contribution in [3.63, 3.8) is 0 Å². The number of aromatic amines is 1. The Morgan fingerprint density at radius 1 is 1.38 bits per heavy atom. The van der Waals surface area contributed by atoms with E-state index in [-0.39, 0.29) is 12.1 Å². The van der Waals surface area contributed by atoms with Crippen LogP contribution in [0.4, 0.5) is 14.9 Å². The molecule has 8 heteroatoms. The summed E-state index contributed by atoms with van der Waals surface area (Å²) < 4.78 is 13.4. The van der Waals surface area contributed by atoms with Crippen LogP contribution >= 0.6 is 0 Å². The zero-order valence-corrected chi connectivity index (χ0v) is 10.8. The van der Waals surface area contributed by atoms with Crippen molar-refractivity contribution in [3.8, 4) is 0 Å². The van der Waals surface area contributed by atoms with Gasteiger partial charge in [-0.25, -0.2) is 19.0 Å². The van der Waals surface area contributed by atoms with Crippen LogP contribution in [0, 0.1) is 5.82 Å². The predicted octanol–water partition coefficient (Wildman–Crippen LogP) is 1.37. The fourth-order valence-electron chi connectivity index (χ4n) is 1.70. The lowest BCUT2D eigenvalue weighted by Crippen LogP contribution is -2.44. The summed E-state index contributed by atoms with van der Waals surface area (Å²) in [6.45, 7) is 0. The minimum atomic E-state index is -1.20. The third kappa shape index (κ3) is 4.03. The van der Waals surface area contributed by atoms with Crippen molar-refractivity contribution in [1.29, 1.82) is 0 Å². The zero-order valence-electron chi connectivity index (χ0n) is 10.8. The minimum Gasteiger partial charge on any atom is -0.480 e. The van der Waals surface area contributed by atoms with E-state index in [1.807, 2.05) is 0 Å². The van der Waals surface area contributed by atoms with Gasteiger partial charge in [0.15, 0.2) is 0 Å². The van der Waals surface area contributed by atoms with Crippen LogP contribution in [0.25, 0.3) is 0 Å². The van der Waals surface area contributed by atoms with Gasteiger partial charge < -0.3 is 20.7 Å². The normalized spacial score (nSPS) is 11.7. The number of hydrogen-bond acceptors (Lipinski definition) is 3. The maximum absolute atomic E-state index is 13.4. The summed E-state index contributed by atoms with van der Waals surface area (Å²) in [4.78, 5) is 29.4. The van der Waals surface area contributed by atoms with Gasteiger partial charge in [0.2, 0.25) is 0 Å². The number of carboxylic acid groups (broad SMARTS) is 1. The molecule has 1 heterocycles. The molecular weight excluding hydrogens is 279 g/mol. The van der Waals surface area contributed by atoms with Crippen LogP contribution in [0.5, 0.6) is 0 Å². The van der Waals surface area contributed by atoms with Crippen LogP contribution in [0.1, 0.15) is 5.69 Å². The molecular formula is C13H13FN4O3. The van der Waals surface area contributed by atoms with E-state index in [4.69, 9.17) is 5.11 Å². The second-order valence-corrected chi connectivity index (χ2v) is 4.25. The zero-order chi connectivity index (χ0) is 15.2. The summed E-state index contributed by atoms with van der Waals surface area (Å²) in [5.41, 5.74) is 0.536. The first-order chi connectivity index (χ1) is 10.1. The van der Waals surface area contributed by atoms with Crippen LogP contribution in [-0.4, -0.2) is 33.1 Å². The van der Waals surface area contributed by atoms with Crippen molar-refractivity contribution in [2.75, 3.05) is 5.32 Å². The van der Waals surface area contributed by atoms with E-state index in [1.54, 1.807) is 6.07 Å². The van der Waals surface area contributed by atoms with Crippen LogP contribution in [0.3, 0.4) is 0 Å². The van der Waals surface area contributed by atoms with Gasteiger partial charge in [-0.3, -0.25) is 0 Å². The second kappa shape index (κ2) is 6.51. The van der Waals surface area contributed by atoms with Gasteiger partial charge in [0.05, 0.1) is 12.0 Å². The molecule has 1 aromatic carbocycles. The summed E-state index contributed by atoms with van der Waals surface area (Å²) in [5, 5.41) is 13.6. The molecule has 1 atom stereocenters. The van der Waals surface area contributed by atoms with E-state index in [9.17, 15) is 14.0 Å². The number of carboxylic acids is 1. The molecule has 0 aliphatic carbocycles. The molecule has 0 unspecified atom stereocenters. The maximum atomic E-state index is 13.4. The van der Waals surface area contributed by atoms with Crippen LogP contribution < -0.4 is 10.6 Å². The van der Waals surface area contributed by atoms with Gasteiger partial charge in [-0.2, -0.15) is 0 Å². The smallest absolute Gasteiger partial charge is 0.326 e. The molecule has 0 aliphatic heterocycles. The summed E-state index contributed by atoms with van der Waals surface area (Å²) >= 11 is 0.